The molecule has 0 radical (unpaired) electrons. The average molecular weight is 1900 g/mol. The number of hydrogen-bond donors (Lipinski definition) is 0. The highest BCUT2D eigenvalue weighted by molar-refractivity contribution is 6.33. The standard InChI is InChI=1S/C50H37N.2C48H33N/c1-30-32(3)50(51-43-28-26-34-16-8-10-20-37(34)48(43)49-38-21-11-9-17-35(38)27-29-44(49)51)33(4)31(2)45(30)47-41-24-14-12-22-39(41)46(36-18-6-5-7-19-36)40-23-13-15-25-42(40)47;1-30-29-44(49-42-26-24-32-14-6-8-18-35(32)47(42)48-36-19-9-7-15-33(36)25-27-43(48)49)31(2)28-41(30)46-39-22-12-10-20-37(39)45(34-16-4-3-5-17-34)38-21-11-13-23-40(38)46;1-30-17-25-40-41(28-30)45(34-12-4-3-5-13-34)39-24-16-31(2)29-42(39)46(40)35-18-22-36(23-19-35)49-43-26-20-32-10-6-8-14-37(32)47(43)48-38-15-9-7-11-33(38)21-27-44(48)49/h5-29H,1-4H3;2*3-29H,1-2H3. The molecule has 30 aromatic rings. The third-order valence-electron chi connectivity index (χ3n) is 32.6. The highest BCUT2D eigenvalue weighted by Crippen LogP contribution is 2.54. The predicted molar refractivity (Wildman–Crippen MR) is 643 cm³/mol. The van der Waals surface area contributed by atoms with Gasteiger partial charge in [-0.25, -0.2) is 0 Å². The smallest absolute Gasteiger partial charge is 0.0548 e. The molecule has 0 atom stereocenters. The van der Waals surface area contributed by atoms with Gasteiger partial charge in [-0.3, -0.25) is 0 Å². The topological polar surface area (TPSA) is 14.8 Å². The van der Waals surface area contributed by atoms with E-state index in [1.807, 2.05) is 0 Å². The number of nitrogens with zero attached hydrogens (tertiary/aromatic N) is 3. The fraction of sp³-hybridized carbons (Fsp3) is 0.0548. The van der Waals surface area contributed by atoms with Gasteiger partial charge < -0.3 is 13.7 Å². The molecule has 0 aliphatic carbocycles. The second-order valence-corrected chi connectivity index (χ2v) is 40.9. The van der Waals surface area contributed by atoms with Gasteiger partial charge in [-0.15, -0.1) is 0 Å². The Balaban J connectivity index is 0.000000108. The molecule has 3 heterocycles. The van der Waals surface area contributed by atoms with Crippen LogP contribution in [0.5, 0.6) is 0 Å². The largest absolute Gasteiger partial charge is 0.309 e. The molecule has 702 valence electrons. The monoisotopic (exact) mass is 1900 g/mol. The Morgan fingerprint density at radius 1 is 0.148 bits per heavy atom. The Hall–Kier alpha value is -18.5. The van der Waals surface area contributed by atoms with Crippen molar-refractivity contribution in [1.82, 2.24) is 13.7 Å². The van der Waals surface area contributed by atoms with E-state index in [-0.39, 0.29) is 0 Å². The van der Waals surface area contributed by atoms with Gasteiger partial charge in [0, 0.05) is 43.7 Å². The Morgan fingerprint density at radius 3 is 0.711 bits per heavy atom. The van der Waals surface area contributed by atoms with Gasteiger partial charge in [0.1, 0.15) is 0 Å². The molecule has 0 spiro atoms. The quantitative estimate of drug-likeness (QED) is 0.128. The summed E-state index contributed by atoms with van der Waals surface area (Å²) in [5.74, 6) is 0. The van der Waals surface area contributed by atoms with Crippen molar-refractivity contribution in [3.05, 3.63) is 524 Å². The third kappa shape index (κ3) is 13.9. The first-order valence-corrected chi connectivity index (χ1v) is 52.2. The van der Waals surface area contributed by atoms with Gasteiger partial charge in [-0.05, 0) is 345 Å². The molecule has 0 fully saturated rings. The van der Waals surface area contributed by atoms with Gasteiger partial charge in [0.15, 0.2) is 0 Å². The summed E-state index contributed by atoms with van der Waals surface area (Å²) in [6, 6.07) is 177. The molecular weight excluding hydrogens is 1800 g/mol. The molecule has 0 N–H and O–H groups in total. The van der Waals surface area contributed by atoms with Crippen LogP contribution in [0.15, 0.2) is 479 Å². The van der Waals surface area contributed by atoms with Crippen LogP contribution in [0.25, 0.3) is 279 Å². The number of aryl methyl sites for hydroxylation is 4. The highest BCUT2D eigenvalue weighted by Gasteiger charge is 2.30. The first kappa shape index (κ1) is 88.2. The first-order chi connectivity index (χ1) is 73.3. The van der Waals surface area contributed by atoms with Crippen LogP contribution in [0, 0.1) is 55.4 Å². The fourth-order valence-electron chi connectivity index (χ4n) is 25.8. The molecule has 0 saturated carbocycles. The van der Waals surface area contributed by atoms with E-state index >= 15 is 0 Å². The molecule has 3 aromatic heterocycles. The summed E-state index contributed by atoms with van der Waals surface area (Å²) < 4.78 is 7.52. The second kappa shape index (κ2) is 35.2. The Kier molecular flexibility index (Phi) is 20.8. The summed E-state index contributed by atoms with van der Waals surface area (Å²) in [4.78, 5) is 0. The molecular formula is C146H103N3. The molecule has 0 aliphatic rings. The number of hydrogen-bond acceptors (Lipinski definition) is 0. The van der Waals surface area contributed by atoms with E-state index in [0.717, 1.165) is 5.69 Å². The van der Waals surface area contributed by atoms with Crippen LogP contribution in [0.4, 0.5) is 0 Å². The second-order valence-electron chi connectivity index (χ2n) is 40.9. The maximum Gasteiger partial charge on any atom is 0.0548 e. The van der Waals surface area contributed by atoms with E-state index in [2.05, 4.69) is 548 Å². The molecule has 0 aliphatic heterocycles. The molecule has 3 nitrogen and oxygen atoms in total. The van der Waals surface area contributed by atoms with E-state index in [4.69, 9.17) is 0 Å². The summed E-state index contributed by atoms with van der Waals surface area (Å²) in [7, 11) is 0. The SMILES string of the molecule is Cc1c(C)c(-n2c3ccc4ccccc4c3c3c4ccccc4ccc32)c(C)c(C)c1-c1c2ccccc2c(-c2ccccc2)c2ccccc12.Cc1cc(-n2c3ccc4ccccc4c3c3c4ccccc4ccc32)c(C)cc1-c1c2ccccc2c(-c2ccccc2)c2ccccc12.Cc1ccc2c(-c3ccc(-n4c5ccc6ccccc6c5c5c6ccccc6ccc54)cc3)c3cc(C)ccc3c(-c3ccccc3)c2c1. The van der Waals surface area contributed by atoms with Crippen molar-refractivity contribution in [2.75, 3.05) is 0 Å². The molecule has 0 saturated heterocycles. The van der Waals surface area contributed by atoms with E-state index in [1.165, 1.54) is 317 Å². The lowest BCUT2D eigenvalue weighted by Gasteiger charge is -2.25. The van der Waals surface area contributed by atoms with E-state index in [1.54, 1.807) is 0 Å². The molecule has 3 heteroatoms. The van der Waals surface area contributed by atoms with Gasteiger partial charge in [0.25, 0.3) is 0 Å². The number of rotatable bonds is 9. The van der Waals surface area contributed by atoms with Crippen LogP contribution in [0.3, 0.4) is 0 Å². The molecule has 27 aromatic carbocycles. The Bertz CT molecular complexity index is 10500. The number of aromatic nitrogens is 3. The zero-order valence-electron chi connectivity index (χ0n) is 84.5. The van der Waals surface area contributed by atoms with Crippen molar-refractivity contribution < 1.29 is 0 Å². The zero-order chi connectivity index (χ0) is 99.7. The van der Waals surface area contributed by atoms with Crippen molar-refractivity contribution in [3.8, 4) is 83.8 Å². The van der Waals surface area contributed by atoms with Crippen LogP contribution in [-0.2, 0) is 0 Å². The molecule has 0 bridgehead atoms. The Labute approximate surface area is 865 Å². The molecule has 0 amide bonds. The van der Waals surface area contributed by atoms with Gasteiger partial charge in [-0.2, -0.15) is 0 Å². The van der Waals surface area contributed by atoms with Crippen LogP contribution < -0.4 is 0 Å². The predicted octanol–water partition coefficient (Wildman–Crippen LogP) is 40.7. The summed E-state index contributed by atoms with van der Waals surface area (Å²) in [5.41, 5.74) is 36.9. The summed E-state index contributed by atoms with van der Waals surface area (Å²) in [5, 5.41) is 38.7. The normalized spacial score (nSPS) is 11.9. The van der Waals surface area contributed by atoms with Crippen molar-refractivity contribution in [1.29, 1.82) is 0 Å². The van der Waals surface area contributed by atoms with Crippen LogP contribution in [0.1, 0.15) is 44.5 Å². The summed E-state index contributed by atoms with van der Waals surface area (Å²) in [6.07, 6.45) is 0. The third-order valence-corrected chi connectivity index (χ3v) is 32.6. The lowest BCUT2D eigenvalue weighted by atomic mass is 9.81. The van der Waals surface area contributed by atoms with Crippen LogP contribution >= 0.6 is 0 Å². The molecule has 30 rings (SSSR count). The number of fused-ring (bicyclic) bond motifs is 27. The minimum absolute atomic E-state index is 1.16. The van der Waals surface area contributed by atoms with Gasteiger partial charge in [0.05, 0.1) is 38.8 Å². The molecule has 0 unspecified atom stereocenters. The van der Waals surface area contributed by atoms with Crippen LogP contribution in [-0.4, -0.2) is 13.7 Å². The minimum Gasteiger partial charge on any atom is -0.309 e. The van der Waals surface area contributed by atoms with Crippen molar-refractivity contribution in [2.45, 2.75) is 55.4 Å². The van der Waals surface area contributed by atoms with Gasteiger partial charge >= 0.3 is 0 Å². The van der Waals surface area contributed by atoms with Crippen molar-refractivity contribution in [2.24, 2.45) is 0 Å². The number of benzene rings is 27. The van der Waals surface area contributed by atoms with Gasteiger partial charge in [0.2, 0.25) is 0 Å². The van der Waals surface area contributed by atoms with Crippen LogP contribution in [0.2, 0.25) is 0 Å². The van der Waals surface area contributed by atoms with E-state index in [9.17, 15) is 0 Å². The molecule has 149 heavy (non-hydrogen) atoms. The van der Waals surface area contributed by atoms with E-state index in [0.29, 0.717) is 0 Å². The van der Waals surface area contributed by atoms with Crippen molar-refractivity contribution in [3.63, 3.8) is 0 Å². The van der Waals surface area contributed by atoms with E-state index < -0.39 is 0 Å². The maximum atomic E-state index is 2.56. The van der Waals surface area contributed by atoms with Gasteiger partial charge in [-0.1, -0.05) is 430 Å². The summed E-state index contributed by atoms with van der Waals surface area (Å²) >= 11 is 0. The first-order valence-electron chi connectivity index (χ1n) is 52.2. The minimum atomic E-state index is 1.16. The van der Waals surface area contributed by atoms with Crippen molar-refractivity contribution >= 4 is 195 Å². The summed E-state index contributed by atoms with van der Waals surface area (Å²) in [6.45, 7) is 18.3. The highest BCUT2D eigenvalue weighted by atomic mass is 15.0. The maximum absolute atomic E-state index is 2.56. The fourth-order valence-corrected chi connectivity index (χ4v) is 25.8. The average Bonchev–Trinajstić information content (AvgIpc) is 1.58. The lowest BCUT2D eigenvalue weighted by Crippen LogP contribution is -2.07. The Morgan fingerprint density at radius 2 is 0.396 bits per heavy atom. The zero-order valence-corrected chi connectivity index (χ0v) is 84.5. The lowest BCUT2D eigenvalue weighted by molar-refractivity contribution is 1.09.